The van der Waals surface area contributed by atoms with Gasteiger partial charge in [-0.2, -0.15) is 12.6 Å². The number of allylic oxidation sites excluding steroid dienone is 1. The fourth-order valence-corrected chi connectivity index (χ4v) is 1.76. The van der Waals surface area contributed by atoms with Crippen LogP contribution in [-0.2, 0) is 0 Å². The third-order valence-electron chi connectivity index (χ3n) is 1.80. The van der Waals surface area contributed by atoms with E-state index in [-0.39, 0.29) is 5.75 Å². The van der Waals surface area contributed by atoms with E-state index in [1.165, 1.54) is 12.1 Å². The van der Waals surface area contributed by atoms with Gasteiger partial charge in [0.15, 0.2) is 0 Å². The highest BCUT2D eigenvalue weighted by molar-refractivity contribution is 9.10. The Bertz CT molecular complexity index is 404. The highest BCUT2D eigenvalue weighted by Crippen LogP contribution is 2.28. The average molecular weight is 327 g/mol. The van der Waals surface area contributed by atoms with Crippen molar-refractivity contribution in [1.82, 2.24) is 0 Å². The van der Waals surface area contributed by atoms with Crippen molar-refractivity contribution in [3.8, 4) is 5.75 Å². The van der Waals surface area contributed by atoms with Crippen LogP contribution in [0.5, 0.6) is 5.75 Å². The lowest BCUT2D eigenvalue weighted by atomic mass is 10.2. The zero-order chi connectivity index (χ0) is 12.9. The molecule has 17 heavy (non-hydrogen) atoms. The third kappa shape index (κ3) is 5.50. The van der Waals surface area contributed by atoms with Crippen LogP contribution >= 0.6 is 28.6 Å². The van der Waals surface area contributed by atoms with Crippen LogP contribution in [0.2, 0.25) is 0 Å². The van der Waals surface area contributed by atoms with Gasteiger partial charge in [0.1, 0.15) is 5.75 Å². The number of halogens is 4. The van der Waals surface area contributed by atoms with Gasteiger partial charge in [0.25, 0.3) is 0 Å². The number of benzene rings is 1. The molecular weight excluding hydrogens is 317 g/mol. The first-order chi connectivity index (χ1) is 7.92. The second kappa shape index (κ2) is 6.35. The predicted octanol–water partition coefficient (Wildman–Crippen LogP) is 4.68. The highest BCUT2D eigenvalue weighted by Gasteiger charge is 2.31. The minimum Gasteiger partial charge on any atom is -0.406 e. The SMILES string of the molecule is FC(F)(F)Oc1ccc(C=CCCS)c(Br)c1. The van der Waals surface area contributed by atoms with Crippen LogP contribution in [-0.4, -0.2) is 12.1 Å². The van der Waals surface area contributed by atoms with Crippen LogP contribution in [0.15, 0.2) is 28.7 Å². The lowest BCUT2D eigenvalue weighted by molar-refractivity contribution is -0.274. The zero-order valence-corrected chi connectivity index (χ0v) is 11.1. The molecule has 0 bridgehead atoms. The van der Waals surface area contributed by atoms with Gasteiger partial charge in [0.05, 0.1) is 0 Å². The first kappa shape index (κ1) is 14.4. The molecule has 1 aromatic rings. The maximum absolute atomic E-state index is 12.0. The van der Waals surface area contributed by atoms with Gasteiger partial charge in [0, 0.05) is 4.47 Å². The molecule has 0 saturated carbocycles. The molecule has 0 atom stereocenters. The van der Waals surface area contributed by atoms with Gasteiger partial charge in [-0.25, -0.2) is 0 Å². The van der Waals surface area contributed by atoms with Crippen LogP contribution < -0.4 is 4.74 Å². The summed E-state index contributed by atoms with van der Waals surface area (Å²) >= 11 is 7.24. The Morgan fingerprint density at radius 2 is 2.06 bits per heavy atom. The summed E-state index contributed by atoms with van der Waals surface area (Å²) in [4.78, 5) is 0. The van der Waals surface area contributed by atoms with Crippen LogP contribution in [0.4, 0.5) is 13.2 Å². The van der Waals surface area contributed by atoms with E-state index in [4.69, 9.17) is 0 Å². The normalized spacial score (nSPS) is 12.1. The summed E-state index contributed by atoms with van der Waals surface area (Å²) in [7, 11) is 0. The Morgan fingerprint density at radius 1 is 1.35 bits per heavy atom. The van der Waals surface area contributed by atoms with Gasteiger partial charge >= 0.3 is 6.36 Å². The van der Waals surface area contributed by atoms with Crippen molar-refractivity contribution in [3.63, 3.8) is 0 Å². The standard InChI is InChI=1S/C11H10BrF3OS/c12-10-7-9(16-11(13,14)15)5-4-8(10)3-1-2-6-17/h1,3-5,7,17H,2,6H2. The Balaban J connectivity index is 2.79. The summed E-state index contributed by atoms with van der Waals surface area (Å²) in [6.07, 6.45) is -0.145. The molecule has 0 radical (unpaired) electrons. The number of ether oxygens (including phenoxy) is 1. The van der Waals surface area contributed by atoms with E-state index in [0.29, 0.717) is 4.47 Å². The molecule has 0 saturated heterocycles. The van der Waals surface area contributed by atoms with Gasteiger partial charge in [-0.05, 0) is 29.9 Å². The van der Waals surface area contributed by atoms with Gasteiger partial charge in [-0.3, -0.25) is 0 Å². The highest BCUT2D eigenvalue weighted by atomic mass is 79.9. The fraction of sp³-hybridized carbons (Fsp3) is 0.273. The van der Waals surface area contributed by atoms with E-state index in [2.05, 4.69) is 33.3 Å². The number of thiol groups is 1. The molecule has 1 nitrogen and oxygen atoms in total. The molecule has 0 unspecified atom stereocenters. The van der Waals surface area contributed by atoms with Crippen molar-refractivity contribution < 1.29 is 17.9 Å². The van der Waals surface area contributed by atoms with Crippen LogP contribution in [0.1, 0.15) is 12.0 Å². The van der Waals surface area contributed by atoms with Crippen molar-refractivity contribution in [3.05, 3.63) is 34.3 Å². The molecule has 1 aromatic carbocycles. The van der Waals surface area contributed by atoms with Gasteiger partial charge < -0.3 is 4.74 Å². The van der Waals surface area contributed by atoms with Crippen LogP contribution in [0.3, 0.4) is 0 Å². The van der Waals surface area contributed by atoms with Crippen LogP contribution in [0.25, 0.3) is 6.08 Å². The molecule has 0 amide bonds. The summed E-state index contributed by atoms with van der Waals surface area (Å²) in [5.41, 5.74) is 0.793. The van der Waals surface area contributed by atoms with Crippen molar-refractivity contribution in [1.29, 1.82) is 0 Å². The molecule has 0 aliphatic carbocycles. The molecule has 0 fully saturated rings. The minimum atomic E-state index is -4.66. The molecule has 6 heteroatoms. The largest absolute Gasteiger partial charge is 0.573 e. The van der Waals surface area contributed by atoms with Crippen molar-refractivity contribution in [2.24, 2.45) is 0 Å². The number of rotatable bonds is 4. The number of alkyl halides is 3. The Hall–Kier alpha value is -0.620. The monoisotopic (exact) mass is 326 g/mol. The smallest absolute Gasteiger partial charge is 0.406 e. The summed E-state index contributed by atoms with van der Waals surface area (Å²) in [5, 5.41) is 0. The lowest BCUT2D eigenvalue weighted by Crippen LogP contribution is -2.17. The third-order valence-corrected chi connectivity index (χ3v) is 2.74. The van der Waals surface area contributed by atoms with E-state index >= 15 is 0 Å². The van der Waals surface area contributed by atoms with Crippen LogP contribution in [0, 0.1) is 0 Å². The summed E-state index contributed by atoms with van der Waals surface area (Å²) in [6.45, 7) is 0. The molecule has 0 N–H and O–H groups in total. The molecule has 94 valence electrons. The van der Waals surface area contributed by atoms with E-state index in [9.17, 15) is 13.2 Å². The van der Waals surface area contributed by atoms with E-state index in [0.717, 1.165) is 17.7 Å². The Labute approximate surface area is 111 Å². The maximum atomic E-state index is 12.0. The second-order valence-electron chi connectivity index (χ2n) is 3.15. The molecule has 0 aliphatic heterocycles. The molecular formula is C11H10BrF3OS. The first-order valence-corrected chi connectivity index (χ1v) is 6.17. The summed E-state index contributed by atoms with van der Waals surface area (Å²) in [5.74, 6) is 0.486. The molecule has 0 spiro atoms. The summed E-state index contributed by atoms with van der Waals surface area (Å²) < 4.78 is 40.2. The number of hydrogen-bond donors (Lipinski definition) is 1. The molecule has 0 aliphatic rings. The van der Waals surface area contributed by atoms with E-state index in [1.807, 2.05) is 12.2 Å². The van der Waals surface area contributed by atoms with Crippen molar-refractivity contribution >= 4 is 34.6 Å². The van der Waals surface area contributed by atoms with Gasteiger partial charge in [-0.1, -0.05) is 34.1 Å². The van der Waals surface area contributed by atoms with Gasteiger partial charge in [0.2, 0.25) is 0 Å². The average Bonchev–Trinajstić information content (AvgIpc) is 2.19. The quantitative estimate of drug-likeness (QED) is 0.790. The topological polar surface area (TPSA) is 9.23 Å². The van der Waals surface area contributed by atoms with E-state index in [1.54, 1.807) is 6.07 Å². The Morgan fingerprint density at radius 3 is 2.59 bits per heavy atom. The molecule has 1 rings (SSSR count). The fourth-order valence-electron chi connectivity index (χ4n) is 1.12. The lowest BCUT2D eigenvalue weighted by Gasteiger charge is -2.09. The zero-order valence-electron chi connectivity index (χ0n) is 8.67. The van der Waals surface area contributed by atoms with Crippen molar-refractivity contribution in [2.75, 3.05) is 5.75 Å². The minimum absolute atomic E-state index is 0.240. The maximum Gasteiger partial charge on any atom is 0.573 e. The number of hydrogen-bond acceptors (Lipinski definition) is 2. The van der Waals surface area contributed by atoms with Gasteiger partial charge in [-0.15, -0.1) is 13.2 Å². The summed E-state index contributed by atoms with van der Waals surface area (Å²) in [6, 6.07) is 4.12. The predicted molar refractivity (Wildman–Crippen MR) is 68.3 cm³/mol. The van der Waals surface area contributed by atoms with Crippen molar-refractivity contribution in [2.45, 2.75) is 12.8 Å². The molecule has 0 aromatic heterocycles. The first-order valence-electron chi connectivity index (χ1n) is 4.75. The second-order valence-corrected chi connectivity index (χ2v) is 4.45. The Kier molecular flexibility index (Phi) is 5.39. The van der Waals surface area contributed by atoms with E-state index < -0.39 is 6.36 Å². The molecule has 0 heterocycles.